The highest BCUT2D eigenvalue weighted by Gasteiger charge is 2.18. The van der Waals surface area contributed by atoms with Crippen molar-refractivity contribution in [3.8, 4) is 0 Å². The van der Waals surface area contributed by atoms with Crippen LogP contribution in [0.15, 0.2) is 36.4 Å². The number of likely N-dealkylation sites (N-methyl/N-ethyl adjacent to an activating group) is 1. The van der Waals surface area contributed by atoms with Crippen LogP contribution in [0.5, 0.6) is 0 Å². The monoisotopic (exact) mass is 498 g/mol. The highest BCUT2D eigenvalue weighted by molar-refractivity contribution is 7.20. The Balaban J connectivity index is 1.29. The van der Waals surface area contributed by atoms with Gasteiger partial charge in [-0.2, -0.15) is 0 Å². The molecule has 0 spiro atoms. The number of primary amides is 1. The van der Waals surface area contributed by atoms with Crippen LogP contribution >= 0.6 is 11.3 Å². The average molecular weight is 499 g/mol. The van der Waals surface area contributed by atoms with Crippen LogP contribution in [0, 0.1) is 5.82 Å². The van der Waals surface area contributed by atoms with E-state index in [0.29, 0.717) is 16.6 Å². The summed E-state index contributed by atoms with van der Waals surface area (Å²) < 4.78 is 13.4. The van der Waals surface area contributed by atoms with Crippen molar-refractivity contribution < 1.29 is 14.0 Å². The van der Waals surface area contributed by atoms with Gasteiger partial charge in [0.25, 0.3) is 5.91 Å². The minimum absolute atomic E-state index is 0.0313. The molecule has 2 heterocycles. The van der Waals surface area contributed by atoms with Crippen LogP contribution in [-0.4, -0.2) is 66.4 Å². The molecule has 0 unspecified atom stereocenters. The van der Waals surface area contributed by atoms with Crippen molar-refractivity contribution >= 4 is 49.7 Å². The zero-order chi connectivity index (χ0) is 24.8. The fourth-order valence-electron chi connectivity index (χ4n) is 4.10. The van der Waals surface area contributed by atoms with E-state index in [4.69, 9.17) is 5.73 Å². The maximum Gasteiger partial charge on any atom is 0.270 e. The van der Waals surface area contributed by atoms with Crippen LogP contribution in [-0.2, 0) is 4.79 Å². The molecule has 2 amide bonds. The smallest absolute Gasteiger partial charge is 0.270 e. The molecule has 35 heavy (non-hydrogen) atoms. The lowest BCUT2D eigenvalue weighted by Crippen LogP contribution is -2.44. The van der Waals surface area contributed by atoms with E-state index in [-0.39, 0.29) is 17.4 Å². The number of unbranched alkanes of at least 4 members (excludes halogenated alkanes) is 2. The van der Waals surface area contributed by atoms with Crippen molar-refractivity contribution in [2.45, 2.75) is 25.7 Å². The van der Waals surface area contributed by atoms with E-state index in [0.717, 1.165) is 79.8 Å². The third-order valence-electron chi connectivity index (χ3n) is 6.14. The maximum absolute atomic E-state index is 13.4. The Kier molecular flexibility index (Phi) is 8.27. The number of carbonyl (C=O) groups is 2. The fourth-order valence-corrected chi connectivity index (χ4v) is 5.01. The van der Waals surface area contributed by atoms with Crippen molar-refractivity contribution in [1.29, 1.82) is 0 Å². The first-order valence-corrected chi connectivity index (χ1v) is 12.7. The minimum Gasteiger partial charge on any atom is -0.364 e. The largest absolute Gasteiger partial charge is 0.364 e. The number of nitrogens with one attached hydrogen (secondary N) is 2. The van der Waals surface area contributed by atoms with Gasteiger partial charge in [-0.25, -0.2) is 9.37 Å². The summed E-state index contributed by atoms with van der Waals surface area (Å²) in [7, 11) is 2.15. The van der Waals surface area contributed by atoms with E-state index >= 15 is 0 Å². The number of anilines is 3. The molecule has 8 nitrogen and oxygen atoms in total. The number of hydrogen-bond donors (Lipinski definition) is 3. The number of aromatic nitrogens is 1. The summed E-state index contributed by atoms with van der Waals surface area (Å²) in [6.45, 7) is 5.49. The van der Waals surface area contributed by atoms with Gasteiger partial charge >= 0.3 is 0 Å². The van der Waals surface area contributed by atoms with Gasteiger partial charge in [-0.1, -0.05) is 29.9 Å². The second-order valence-corrected chi connectivity index (χ2v) is 9.90. The van der Waals surface area contributed by atoms with Crippen LogP contribution in [0.3, 0.4) is 0 Å². The predicted octanol–water partition coefficient (Wildman–Crippen LogP) is 4.02. The van der Waals surface area contributed by atoms with Crippen LogP contribution in [0.1, 0.15) is 36.2 Å². The number of benzene rings is 2. The standard InChI is InChI=1S/C25H31FN6O2S/c1-31-11-13-32(14-12-31)10-4-2-3-5-21(33)29-24-22(23(27)34)30-25(35-24)28-20-9-7-17-15-19(26)8-6-18(17)16-20/h6-9,15-16H,2-5,10-14H2,1H3,(H2,27,34)(H,28,30)(H,29,33). The van der Waals surface area contributed by atoms with Crippen molar-refractivity contribution in [3.63, 3.8) is 0 Å². The second kappa shape index (κ2) is 11.6. The second-order valence-electron chi connectivity index (χ2n) is 8.90. The topological polar surface area (TPSA) is 104 Å². The lowest BCUT2D eigenvalue weighted by Gasteiger charge is -2.32. The number of halogens is 1. The molecule has 10 heteroatoms. The number of thiazole rings is 1. The normalized spacial score (nSPS) is 14.8. The van der Waals surface area contributed by atoms with Crippen molar-refractivity contribution in [2.75, 3.05) is 50.4 Å². The number of piperazine rings is 1. The molecule has 0 saturated carbocycles. The van der Waals surface area contributed by atoms with Crippen LogP contribution in [0.25, 0.3) is 10.8 Å². The van der Waals surface area contributed by atoms with Crippen LogP contribution < -0.4 is 16.4 Å². The third-order valence-corrected chi connectivity index (χ3v) is 7.03. The molecular formula is C25H31FN6O2S. The maximum atomic E-state index is 13.4. The summed E-state index contributed by atoms with van der Waals surface area (Å²) >= 11 is 1.16. The molecule has 0 radical (unpaired) electrons. The Labute approximate surface area is 208 Å². The SMILES string of the molecule is CN1CCN(CCCCCC(=O)Nc2sc(Nc3ccc4cc(F)ccc4c3)nc2C(N)=O)CC1. The van der Waals surface area contributed by atoms with Gasteiger partial charge < -0.3 is 26.2 Å². The number of amides is 2. The zero-order valence-corrected chi connectivity index (χ0v) is 20.7. The molecule has 1 saturated heterocycles. The number of fused-ring (bicyclic) bond motifs is 1. The Morgan fingerprint density at radius 2 is 1.80 bits per heavy atom. The predicted molar refractivity (Wildman–Crippen MR) is 139 cm³/mol. The first kappa shape index (κ1) is 25.0. The molecule has 4 N–H and O–H groups in total. The lowest BCUT2D eigenvalue weighted by atomic mass is 10.1. The highest BCUT2D eigenvalue weighted by Crippen LogP contribution is 2.31. The quantitative estimate of drug-likeness (QED) is 0.365. The van der Waals surface area contributed by atoms with Gasteiger partial charge in [0.1, 0.15) is 10.8 Å². The first-order chi connectivity index (χ1) is 16.9. The average Bonchev–Trinajstić information content (AvgIpc) is 3.22. The Morgan fingerprint density at radius 3 is 2.57 bits per heavy atom. The summed E-state index contributed by atoms with van der Waals surface area (Å²) in [6.07, 6.45) is 3.20. The number of carbonyl (C=O) groups excluding carboxylic acids is 2. The van der Waals surface area contributed by atoms with Gasteiger partial charge in [0.05, 0.1) is 0 Å². The molecule has 186 valence electrons. The zero-order valence-electron chi connectivity index (χ0n) is 19.8. The molecule has 0 aliphatic carbocycles. The van der Waals surface area contributed by atoms with Crippen molar-refractivity contribution in [3.05, 3.63) is 47.9 Å². The Morgan fingerprint density at radius 1 is 1.06 bits per heavy atom. The number of nitrogens with zero attached hydrogens (tertiary/aromatic N) is 3. The van der Waals surface area contributed by atoms with Crippen LogP contribution in [0.4, 0.5) is 20.2 Å². The van der Waals surface area contributed by atoms with Crippen molar-refractivity contribution in [1.82, 2.24) is 14.8 Å². The number of rotatable bonds is 10. The molecule has 3 aromatic rings. The molecule has 1 fully saturated rings. The fraction of sp³-hybridized carbons (Fsp3) is 0.400. The first-order valence-electron chi connectivity index (χ1n) is 11.8. The van der Waals surface area contributed by atoms with Gasteiger partial charge in [0.15, 0.2) is 10.8 Å². The van der Waals surface area contributed by atoms with Gasteiger partial charge in [0, 0.05) is 38.3 Å². The van der Waals surface area contributed by atoms with E-state index in [1.165, 1.54) is 12.1 Å². The molecule has 1 aliphatic rings. The number of hydrogen-bond acceptors (Lipinski definition) is 7. The molecule has 2 aromatic carbocycles. The van der Waals surface area contributed by atoms with E-state index in [9.17, 15) is 14.0 Å². The van der Waals surface area contributed by atoms with Gasteiger partial charge in [0.2, 0.25) is 5.91 Å². The van der Waals surface area contributed by atoms with E-state index in [1.807, 2.05) is 6.07 Å². The number of nitrogens with two attached hydrogens (primary N) is 1. The Hall–Kier alpha value is -3.08. The summed E-state index contributed by atoms with van der Waals surface area (Å²) in [4.78, 5) is 33.4. The van der Waals surface area contributed by atoms with Gasteiger partial charge in [-0.05, 0) is 61.5 Å². The van der Waals surface area contributed by atoms with Crippen molar-refractivity contribution in [2.24, 2.45) is 5.73 Å². The Bertz CT molecular complexity index is 1190. The van der Waals surface area contributed by atoms with E-state index < -0.39 is 5.91 Å². The van der Waals surface area contributed by atoms with Gasteiger partial charge in [-0.15, -0.1) is 0 Å². The summed E-state index contributed by atoms with van der Waals surface area (Å²) in [5, 5.41) is 8.36. The molecule has 4 rings (SSSR count). The minimum atomic E-state index is -0.703. The van der Waals surface area contributed by atoms with E-state index in [2.05, 4.69) is 32.5 Å². The van der Waals surface area contributed by atoms with Gasteiger partial charge in [-0.3, -0.25) is 9.59 Å². The summed E-state index contributed by atoms with van der Waals surface area (Å²) in [5.41, 5.74) is 6.25. The highest BCUT2D eigenvalue weighted by atomic mass is 32.1. The summed E-state index contributed by atoms with van der Waals surface area (Å²) in [6, 6.07) is 10.0. The third kappa shape index (κ3) is 6.97. The molecular weight excluding hydrogens is 467 g/mol. The summed E-state index contributed by atoms with van der Waals surface area (Å²) in [5.74, 6) is -1.15. The molecule has 1 aromatic heterocycles. The molecule has 0 atom stereocenters. The lowest BCUT2D eigenvalue weighted by molar-refractivity contribution is -0.116. The molecule has 0 bridgehead atoms. The van der Waals surface area contributed by atoms with Crippen LogP contribution in [0.2, 0.25) is 0 Å². The molecule has 1 aliphatic heterocycles. The van der Waals surface area contributed by atoms with E-state index in [1.54, 1.807) is 18.2 Å².